The number of nitrogens with one attached hydrogen (secondary N) is 3. The zero-order valence-electron chi connectivity index (χ0n) is 40.7. The smallest absolute Gasteiger partial charge is 0.307 e. The summed E-state index contributed by atoms with van der Waals surface area (Å²) in [5.41, 5.74) is 0.126. The largest absolute Gasteiger partial charge is 0.450 e. The van der Waals surface area contributed by atoms with Crippen LogP contribution < -0.4 is 16.0 Å². The summed E-state index contributed by atoms with van der Waals surface area (Å²) in [7, 11) is 1.50. The lowest BCUT2D eigenvalue weighted by Crippen LogP contribution is -2.55. The summed E-state index contributed by atoms with van der Waals surface area (Å²) in [6, 6.07) is 16.9. The zero-order valence-corrected chi connectivity index (χ0v) is 42.8. The number of nitrogens with zero attached hydrogens (tertiary/aromatic N) is 2. The van der Waals surface area contributed by atoms with Gasteiger partial charge in [-0.05, 0) is 62.0 Å². The fourth-order valence-electron chi connectivity index (χ4n) is 7.88. The lowest BCUT2D eigenvalue weighted by atomic mass is 9.87. The van der Waals surface area contributed by atoms with Crippen LogP contribution in [-0.2, 0) is 60.7 Å². The topological polar surface area (TPSA) is 198 Å². The minimum Gasteiger partial charge on any atom is -0.450 e. The predicted molar refractivity (Wildman–Crippen MR) is 268 cm³/mol. The quantitative estimate of drug-likeness (QED) is 0.0425. The third-order valence-corrected chi connectivity index (χ3v) is 13.2. The van der Waals surface area contributed by atoms with Gasteiger partial charge in [0, 0.05) is 55.7 Å². The fourth-order valence-corrected chi connectivity index (χ4v) is 8.41. The number of rotatable bonds is 30. The lowest BCUT2D eigenvalue weighted by Gasteiger charge is -2.32. The van der Waals surface area contributed by atoms with Gasteiger partial charge in [0.15, 0.2) is 17.2 Å². The van der Waals surface area contributed by atoms with Crippen LogP contribution in [0.1, 0.15) is 90.7 Å². The minimum absolute atomic E-state index is 0.0112. The van der Waals surface area contributed by atoms with Crippen LogP contribution >= 0.6 is 22.6 Å². The normalized spacial score (nSPS) is 15.4. The van der Waals surface area contributed by atoms with E-state index in [1.807, 2.05) is 116 Å². The molecule has 2 aromatic carbocycles. The number of likely N-dealkylation sites (N-methyl/N-ethyl adjacent to an activating group) is 1. The number of morpholine rings is 1. The van der Waals surface area contributed by atoms with E-state index >= 15 is 0 Å². The first-order valence-electron chi connectivity index (χ1n) is 23.6. The second kappa shape index (κ2) is 29.8. The van der Waals surface area contributed by atoms with Gasteiger partial charge in [-0.25, -0.2) is 0 Å². The van der Waals surface area contributed by atoms with E-state index in [1.165, 1.54) is 18.9 Å². The second-order valence-electron chi connectivity index (χ2n) is 18.7. The van der Waals surface area contributed by atoms with Crippen LogP contribution in [0.4, 0.5) is 0 Å². The molecular weight excluding hydrogens is 982 g/mol. The van der Waals surface area contributed by atoms with E-state index in [9.17, 15) is 38.4 Å². The van der Waals surface area contributed by atoms with Crippen molar-refractivity contribution in [3.05, 3.63) is 71.8 Å². The summed E-state index contributed by atoms with van der Waals surface area (Å²) >= 11 is 1.94. The molecule has 1 aliphatic heterocycles. The van der Waals surface area contributed by atoms with Crippen LogP contribution in [0.3, 0.4) is 0 Å². The van der Waals surface area contributed by atoms with E-state index in [4.69, 9.17) is 15.9 Å². The molecule has 0 unspecified atom stereocenters. The van der Waals surface area contributed by atoms with Crippen molar-refractivity contribution >= 4 is 69.5 Å². The number of hydrogen-bond donors (Lipinski definition) is 3. The number of carbonyl (C=O) groups is 8. The number of alkyl halides is 1. The number of hydrogen-bond acceptors (Lipinski definition) is 11. The maximum atomic E-state index is 14.5. The van der Waals surface area contributed by atoms with Crippen LogP contribution in [0.2, 0.25) is 0 Å². The van der Waals surface area contributed by atoms with Gasteiger partial charge in [0.2, 0.25) is 23.6 Å². The first kappa shape index (κ1) is 57.3. The predicted octanol–water partition coefficient (Wildman–Crippen LogP) is 4.70. The van der Waals surface area contributed by atoms with E-state index in [0.717, 1.165) is 11.1 Å². The van der Waals surface area contributed by atoms with Crippen LogP contribution in [0.15, 0.2) is 60.7 Å². The third-order valence-electron chi connectivity index (χ3n) is 11.7. The van der Waals surface area contributed by atoms with Gasteiger partial charge in [-0.3, -0.25) is 43.3 Å². The average molecular weight is 1050 g/mol. The van der Waals surface area contributed by atoms with Crippen LogP contribution in [0, 0.1) is 36.0 Å². The summed E-state index contributed by atoms with van der Waals surface area (Å²) in [5, 5.41) is 8.39. The molecule has 0 aliphatic carbocycles. The first-order chi connectivity index (χ1) is 32.3. The van der Waals surface area contributed by atoms with Crippen LogP contribution in [-0.4, -0.2) is 132 Å². The van der Waals surface area contributed by atoms with Gasteiger partial charge in [0.05, 0.1) is 51.4 Å². The van der Waals surface area contributed by atoms with Crippen molar-refractivity contribution in [3.8, 4) is 12.3 Å². The number of Topliss-reactive ketones (excluding diaryl/α,β-unsaturated/α-hetero) is 3. The molecule has 3 rings (SSSR count). The molecule has 5 atom stereocenters. The van der Waals surface area contributed by atoms with Crippen molar-refractivity contribution in [1.82, 2.24) is 25.8 Å². The van der Waals surface area contributed by atoms with Crippen molar-refractivity contribution < 1.29 is 47.8 Å². The highest BCUT2D eigenvalue weighted by atomic mass is 127. The second-order valence-corrected chi connectivity index (χ2v) is 19.5. The Balaban J connectivity index is 1.81. The minimum atomic E-state index is -1.69. The van der Waals surface area contributed by atoms with E-state index in [2.05, 4.69) is 21.9 Å². The van der Waals surface area contributed by atoms with E-state index in [1.54, 1.807) is 0 Å². The molecule has 372 valence electrons. The molecule has 0 bridgehead atoms. The van der Waals surface area contributed by atoms with Gasteiger partial charge < -0.3 is 30.3 Å². The van der Waals surface area contributed by atoms with E-state index in [0.29, 0.717) is 45.6 Å². The Morgan fingerprint density at radius 3 is 1.99 bits per heavy atom. The SMILES string of the molecule is C#CCN(C)C(=O)CNC(=O)CCC(=O)O[C@](C)(CI)C(=O)[C@H](CC(C)C)NC(=O)[C@@H](CC(=O)[C@H](CC(C)C)NC(=O)[C@H](CCc1ccccc1)CC(=O)CN1CCOCC1)Cc1ccccc1. The van der Waals surface area contributed by atoms with Crippen molar-refractivity contribution in [2.75, 3.05) is 57.4 Å². The van der Waals surface area contributed by atoms with Crippen molar-refractivity contribution in [2.24, 2.45) is 23.7 Å². The number of aryl methyl sites for hydroxylation is 1. The summed E-state index contributed by atoms with van der Waals surface area (Å²) in [4.78, 5) is 112. The molecule has 0 aromatic heterocycles. The highest BCUT2D eigenvalue weighted by Gasteiger charge is 2.42. The Bertz CT molecular complexity index is 2020. The van der Waals surface area contributed by atoms with Crippen LogP contribution in [0.25, 0.3) is 0 Å². The molecule has 1 heterocycles. The van der Waals surface area contributed by atoms with Crippen molar-refractivity contribution in [1.29, 1.82) is 0 Å². The number of esters is 1. The highest BCUT2D eigenvalue weighted by molar-refractivity contribution is 14.1. The Morgan fingerprint density at radius 1 is 0.824 bits per heavy atom. The number of amides is 4. The van der Waals surface area contributed by atoms with Crippen LogP contribution in [0.5, 0.6) is 0 Å². The first-order valence-corrected chi connectivity index (χ1v) is 25.2. The molecule has 3 N–H and O–H groups in total. The fraction of sp³-hybridized carbons (Fsp3) is 0.577. The van der Waals surface area contributed by atoms with Crippen molar-refractivity contribution in [2.45, 2.75) is 110 Å². The Labute approximate surface area is 416 Å². The average Bonchev–Trinajstić information content (AvgIpc) is 3.31. The van der Waals surface area contributed by atoms with Crippen molar-refractivity contribution in [3.63, 3.8) is 0 Å². The molecule has 1 fully saturated rings. The van der Waals surface area contributed by atoms with Gasteiger partial charge in [-0.1, -0.05) is 117 Å². The monoisotopic (exact) mass is 1050 g/mol. The van der Waals surface area contributed by atoms with Gasteiger partial charge in [-0.2, -0.15) is 0 Å². The number of carbonyl (C=O) groups excluding carboxylic acids is 8. The molecule has 0 spiro atoms. The van der Waals surface area contributed by atoms with Gasteiger partial charge in [0.25, 0.3) is 0 Å². The van der Waals surface area contributed by atoms with E-state index in [-0.39, 0.29) is 86.0 Å². The van der Waals surface area contributed by atoms with Gasteiger partial charge in [0.1, 0.15) is 5.78 Å². The molecule has 15 nitrogen and oxygen atoms in total. The summed E-state index contributed by atoms with van der Waals surface area (Å²) in [6.45, 7) is 11.5. The third kappa shape index (κ3) is 20.7. The molecule has 1 saturated heterocycles. The molecule has 4 amide bonds. The highest BCUT2D eigenvalue weighted by Crippen LogP contribution is 2.24. The molecular formula is C52H72IN5O10. The Morgan fingerprint density at radius 2 is 1.40 bits per heavy atom. The summed E-state index contributed by atoms with van der Waals surface area (Å²) in [5.74, 6) is -3.09. The number of ketones is 3. The Hall–Kier alpha value is -4.99. The molecule has 0 radical (unpaired) electrons. The van der Waals surface area contributed by atoms with Gasteiger partial charge >= 0.3 is 5.97 Å². The Kier molecular flexibility index (Phi) is 25.1. The van der Waals surface area contributed by atoms with Gasteiger partial charge in [-0.15, -0.1) is 6.42 Å². The zero-order chi connectivity index (χ0) is 50.2. The molecule has 1 aliphatic rings. The maximum absolute atomic E-state index is 14.5. The number of halogens is 1. The maximum Gasteiger partial charge on any atom is 0.307 e. The number of benzene rings is 2. The summed E-state index contributed by atoms with van der Waals surface area (Å²) in [6.07, 6.45) is 5.96. The molecule has 68 heavy (non-hydrogen) atoms. The molecule has 16 heteroatoms. The van der Waals surface area contributed by atoms with E-state index < -0.39 is 64.9 Å². The standard InChI is InChI=1S/C52H72IN5O10/c1-8-23-57(7)47(62)33-54-46(61)21-22-48(63)68-52(6,35-53)49(64)44(29-37(4)5)56-51(66)41(30-39-17-13-10-14-18-39)32-45(60)43(28-36(2)3)55-50(65)40(20-19-38-15-11-9-12-16-38)31-42(59)34-58-24-26-67-27-25-58/h1,9-18,36-37,40-41,43-44H,19-35H2,2-7H3,(H,54,61)(H,55,65)(H,56,66)/t40-,41-,43+,44+,52-/m1/s1. The number of terminal acetylenes is 1. The number of ether oxygens (including phenoxy) is 2. The molecule has 0 saturated carbocycles. The molecule has 2 aromatic rings. The summed E-state index contributed by atoms with van der Waals surface area (Å²) < 4.78 is 11.2. The lowest BCUT2D eigenvalue weighted by molar-refractivity contribution is -0.164.